The summed E-state index contributed by atoms with van der Waals surface area (Å²) in [6.07, 6.45) is 0. The molecule has 1 aliphatic heterocycles. The van der Waals surface area contributed by atoms with E-state index in [1.165, 1.54) is 0 Å². The molecule has 1 aromatic rings. The van der Waals surface area contributed by atoms with Crippen LogP contribution in [0.4, 0.5) is 4.79 Å². The lowest BCUT2D eigenvalue weighted by atomic mass is 10.2. The van der Waals surface area contributed by atoms with Crippen LogP contribution in [-0.4, -0.2) is 36.2 Å². The maximum Gasteiger partial charge on any atom is 0.318 e. The van der Waals surface area contributed by atoms with E-state index in [0.717, 1.165) is 5.56 Å². The minimum absolute atomic E-state index is 0.0525. The van der Waals surface area contributed by atoms with Crippen molar-refractivity contribution in [3.63, 3.8) is 0 Å². The van der Waals surface area contributed by atoms with E-state index in [4.69, 9.17) is 16.3 Å². The molecular weight excluding hydrogens is 264 g/mol. The molecule has 2 amide bonds. The summed E-state index contributed by atoms with van der Waals surface area (Å²) in [4.78, 5) is 14.0. The number of amides is 2. The zero-order chi connectivity index (χ0) is 13.8. The van der Waals surface area contributed by atoms with E-state index in [9.17, 15) is 4.79 Å². The highest BCUT2D eigenvalue weighted by Gasteiger charge is 2.29. The highest BCUT2D eigenvalue weighted by Crippen LogP contribution is 2.14. The molecule has 0 radical (unpaired) electrons. The zero-order valence-electron chi connectivity index (χ0n) is 11.2. The van der Waals surface area contributed by atoms with Crippen LogP contribution in [0.15, 0.2) is 24.3 Å². The van der Waals surface area contributed by atoms with Gasteiger partial charge in [-0.25, -0.2) is 4.79 Å². The fourth-order valence-electron chi connectivity index (χ4n) is 2.32. The number of hydrogen-bond donors (Lipinski definition) is 1. The Morgan fingerprint density at radius 2 is 2.11 bits per heavy atom. The first-order valence-electron chi connectivity index (χ1n) is 6.46. The van der Waals surface area contributed by atoms with Gasteiger partial charge in [0, 0.05) is 11.6 Å². The number of morpholine rings is 1. The van der Waals surface area contributed by atoms with E-state index < -0.39 is 0 Å². The number of urea groups is 1. The Balaban J connectivity index is 1.93. The van der Waals surface area contributed by atoms with Gasteiger partial charge in [-0.15, -0.1) is 0 Å². The Bertz CT molecular complexity index is 443. The Hall–Kier alpha value is -1.26. The van der Waals surface area contributed by atoms with Crippen molar-refractivity contribution in [2.75, 3.05) is 13.2 Å². The van der Waals surface area contributed by atoms with Crippen molar-refractivity contribution in [1.29, 1.82) is 0 Å². The predicted octanol–water partition coefficient (Wildman–Crippen LogP) is 2.66. The molecule has 1 N–H and O–H groups in total. The minimum atomic E-state index is -0.0525. The Labute approximate surface area is 118 Å². The SMILES string of the molecule is CC1COCC(C)N1C(=O)NCc1cccc(Cl)c1. The Kier molecular flexibility index (Phi) is 4.66. The third-order valence-electron chi connectivity index (χ3n) is 3.24. The van der Waals surface area contributed by atoms with Crippen LogP contribution in [0.3, 0.4) is 0 Å². The molecule has 0 bridgehead atoms. The lowest BCUT2D eigenvalue weighted by molar-refractivity contribution is -0.0141. The van der Waals surface area contributed by atoms with Gasteiger partial charge in [0.1, 0.15) is 0 Å². The molecule has 19 heavy (non-hydrogen) atoms. The number of carbonyl (C=O) groups is 1. The van der Waals surface area contributed by atoms with Crippen LogP contribution in [0.1, 0.15) is 19.4 Å². The topological polar surface area (TPSA) is 41.6 Å². The van der Waals surface area contributed by atoms with Crippen molar-refractivity contribution >= 4 is 17.6 Å². The number of rotatable bonds is 2. The second-order valence-electron chi connectivity index (χ2n) is 4.93. The van der Waals surface area contributed by atoms with Gasteiger partial charge in [-0.05, 0) is 31.5 Å². The Morgan fingerprint density at radius 1 is 1.42 bits per heavy atom. The number of ether oxygens (including phenoxy) is 1. The molecule has 0 aromatic heterocycles. The van der Waals surface area contributed by atoms with E-state index in [-0.39, 0.29) is 18.1 Å². The van der Waals surface area contributed by atoms with E-state index in [0.29, 0.717) is 24.8 Å². The van der Waals surface area contributed by atoms with E-state index >= 15 is 0 Å². The second-order valence-corrected chi connectivity index (χ2v) is 5.37. The predicted molar refractivity (Wildman–Crippen MR) is 75.3 cm³/mol. The summed E-state index contributed by atoms with van der Waals surface area (Å²) in [5.41, 5.74) is 0.995. The summed E-state index contributed by atoms with van der Waals surface area (Å²) in [7, 11) is 0. The van der Waals surface area contributed by atoms with Gasteiger partial charge in [0.15, 0.2) is 0 Å². The van der Waals surface area contributed by atoms with Crippen LogP contribution in [-0.2, 0) is 11.3 Å². The first-order valence-corrected chi connectivity index (χ1v) is 6.84. The number of benzene rings is 1. The fourth-order valence-corrected chi connectivity index (χ4v) is 2.53. The van der Waals surface area contributed by atoms with Crippen LogP contribution in [0.25, 0.3) is 0 Å². The molecule has 0 spiro atoms. The van der Waals surface area contributed by atoms with Crippen LogP contribution < -0.4 is 5.32 Å². The quantitative estimate of drug-likeness (QED) is 0.906. The molecule has 0 aliphatic carbocycles. The van der Waals surface area contributed by atoms with Crippen molar-refractivity contribution in [2.24, 2.45) is 0 Å². The lowest BCUT2D eigenvalue weighted by Gasteiger charge is -2.38. The first-order chi connectivity index (χ1) is 9.08. The lowest BCUT2D eigenvalue weighted by Crippen LogP contribution is -2.55. The average Bonchev–Trinajstić information content (AvgIpc) is 2.36. The van der Waals surface area contributed by atoms with Crippen molar-refractivity contribution in [2.45, 2.75) is 32.5 Å². The third kappa shape index (κ3) is 3.61. The molecular formula is C14H19ClN2O2. The molecule has 2 atom stereocenters. The smallest absolute Gasteiger partial charge is 0.318 e. The third-order valence-corrected chi connectivity index (χ3v) is 3.47. The summed E-state index contributed by atoms with van der Waals surface area (Å²) >= 11 is 5.92. The van der Waals surface area contributed by atoms with Crippen molar-refractivity contribution in [3.8, 4) is 0 Å². The molecule has 104 valence electrons. The summed E-state index contributed by atoms with van der Waals surface area (Å²) in [6.45, 7) is 5.66. The Morgan fingerprint density at radius 3 is 2.74 bits per heavy atom. The van der Waals surface area contributed by atoms with Gasteiger partial charge in [0.25, 0.3) is 0 Å². The van der Waals surface area contributed by atoms with Crippen molar-refractivity contribution in [3.05, 3.63) is 34.9 Å². The molecule has 2 rings (SSSR count). The van der Waals surface area contributed by atoms with Crippen molar-refractivity contribution < 1.29 is 9.53 Å². The highest BCUT2D eigenvalue weighted by molar-refractivity contribution is 6.30. The summed E-state index contributed by atoms with van der Waals surface area (Å²) in [6, 6.07) is 7.64. The maximum atomic E-state index is 12.2. The summed E-state index contributed by atoms with van der Waals surface area (Å²) in [5.74, 6) is 0. The maximum absolute atomic E-state index is 12.2. The molecule has 2 unspecified atom stereocenters. The number of carbonyl (C=O) groups excluding carboxylic acids is 1. The number of halogens is 1. The van der Waals surface area contributed by atoms with Gasteiger partial charge in [0.2, 0.25) is 0 Å². The van der Waals surface area contributed by atoms with E-state index in [1.807, 2.05) is 43.0 Å². The molecule has 1 aromatic carbocycles. The highest BCUT2D eigenvalue weighted by atomic mass is 35.5. The van der Waals surface area contributed by atoms with Crippen LogP contribution in [0.2, 0.25) is 5.02 Å². The van der Waals surface area contributed by atoms with Crippen LogP contribution in [0, 0.1) is 0 Å². The number of nitrogens with zero attached hydrogens (tertiary/aromatic N) is 1. The first kappa shape index (κ1) is 14.2. The summed E-state index contributed by atoms with van der Waals surface area (Å²) < 4.78 is 5.41. The van der Waals surface area contributed by atoms with Gasteiger partial charge in [-0.2, -0.15) is 0 Å². The monoisotopic (exact) mass is 282 g/mol. The molecule has 1 aliphatic rings. The number of hydrogen-bond acceptors (Lipinski definition) is 2. The molecule has 1 fully saturated rings. The van der Waals surface area contributed by atoms with Gasteiger partial charge in [-0.1, -0.05) is 23.7 Å². The fraction of sp³-hybridized carbons (Fsp3) is 0.500. The molecule has 0 saturated carbocycles. The minimum Gasteiger partial charge on any atom is -0.377 e. The van der Waals surface area contributed by atoms with Crippen molar-refractivity contribution in [1.82, 2.24) is 10.2 Å². The van der Waals surface area contributed by atoms with Gasteiger partial charge < -0.3 is 15.0 Å². The second kappa shape index (κ2) is 6.26. The molecule has 1 heterocycles. The standard InChI is InChI=1S/C14H19ClN2O2/c1-10-8-19-9-11(2)17(10)14(18)16-7-12-4-3-5-13(15)6-12/h3-6,10-11H,7-9H2,1-2H3,(H,16,18). The largest absolute Gasteiger partial charge is 0.377 e. The normalized spacial score (nSPS) is 23.2. The van der Waals surface area contributed by atoms with E-state index in [2.05, 4.69) is 5.32 Å². The molecule has 1 saturated heterocycles. The zero-order valence-corrected chi connectivity index (χ0v) is 12.0. The summed E-state index contributed by atoms with van der Waals surface area (Å²) in [5, 5.41) is 3.61. The van der Waals surface area contributed by atoms with Gasteiger partial charge >= 0.3 is 6.03 Å². The van der Waals surface area contributed by atoms with E-state index in [1.54, 1.807) is 0 Å². The molecule has 5 heteroatoms. The van der Waals surface area contributed by atoms with Gasteiger partial charge in [-0.3, -0.25) is 0 Å². The van der Waals surface area contributed by atoms with Crippen LogP contribution >= 0.6 is 11.6 Å². The number of nitrogens with one attached hydrogen (secondary N) is 1. The van der Waals surface area contributed by atoms with Gasteiger partial charge in [0.05, 0.1) is 25.3 Å². The average molecular weight is 283 g/mol. The molecule has 4 nitrogen and oxygen atoms in total. The van der Waals surface area contributed by atoms with Crippen LogP contribution in [0.5, 0.6) is 0 Å².